The molecular formula is C7H18NO8P2-3. The average Bonchev–Trinajstić information content (AvgIpc) is 2.20. The number of hydrogen-bond acceptors (Lipinski definition) is 9. The third-order valence-corrected chi connectivity index (χ3v) is 2.76. The van der Waals surface area contributed by atoms with Gasteiger partial charge in [-0.3, -0.25) is 0 Å². The van der Waals surface area contributed by atoms with Crippen LogP contribution in [0.5, 0.6) is 0 Å². The molecule has 1 unspecified atom stereocenters. The van der Waals surface area contributed by atoms with E-state index >= 15 is 0 Å². The topological polar surface area (TPSA) is 168 Å². The molecule has 112 valence electrons. The van der Waals surface area contributed by atoms with Crippen LogP contribution in [0.1, 0.15) is 25.7 Å². The summed E-state index contributed by atoms with van der Waals surface area (Å²) in [5.41, 5.74) is 0. The fraction of sp³-hybridized carbons (Fsp3) is 1.00. The average molecular weight is 307 g/mol. The highest BCUT2D eigenvalue weighted by atomic mass is 31.2. The second-order valence-corrected chi connectivity index (χ2v) is 6.25. The summed E-state index contributed by atoms with van der Waals surface area (Å²) in [6, 6.07) is 0. The molecule has 11 heteroatoms. The van der Waals surface area contributed by atoms with Gasteiger partial charge < -0.3 is 38.1 Å². The predicted molar refractivity (Wildman–Crippen MR) is 57.5 cm³/mol. The molecule has 0 rings (SSSR count). The van der Waals surface area contributed by atoms with Gasteiger partial charge in [0, 0.05) is 6.66 Å². The van der Waals surface area contributed by atoms with Gasteiger partial charge in [-0.15, -0.1) is 0 Å². The standard InChI is InChI=1S/C7H18O7P2.H3NO/c1-15(8,9)13-6-4-2-3-5-7-14-16(10,11)12;1-2/h2-7H2,1H3,(H,8,9)(H2,10,11,12);2H,1H2/p-3/i;2D. The van der Waals surface area contributed by atoms with Crippen molar-refractivity contribution in [1.29, 1.82) is 0 Å². The highest BCUT2D eigenvalue weighted by molar-refractivity contribution is 7.50. The smallest absolute Gasteiger partial charge is 0.237 e. The molecule has 0 aromatic rings. The molecule has 0 aromatic carbocycles. The van der Waals surface area contributed by atoms with E-state index in [0.29, 0.717) is 25.7 Å². The normalized spacial score (nSPS) is 15.3. The first kappa shape index (κ1) is 18.2. The summed E-state index contributed by atoms with van der Waals surface area (Å²) >= 11 is 0. The summed E-state index contributed by atoms with van der Waals surface area (Å²) in [4.78, 5) is 30.6. The first-order chi connectivity index (χ1) is 8.62. The van der Waals surface area contributed by atoms with Gasteiger partial charge in [0.2, 0.25) is 1.43 Å². The maximum Gasteiger partial charge on any atom is 0.237 e. The molecule has 0 spiro atoms. The fourth-order valence-corrected chi connectivity index (χ4v) is 1.78. The van der Waals surface area contributed by atoms with Crippen molar-refractivity contribution in [2.45, 2.75) is 25.7 Å². The Balaban J connectivity index is 0. The van der Waals surface area contributed by atoms with E-state index in [4.69, 9.17) is 1.43 Å². The molecule has 0 amide bonds. The van der Waals surface area contributed by atoms with Crippen molar-refractivity contribution in [2.75, 3.05) is 19.9 Å². The van der Waals surface area contributed by atoms with E-state index in [1.165, 1.54) is 0 Å². The first-order valence-corrected chi connectivity index (χ1v) is 8.49. The molecule has 0 heterocycles. The van der Waals surface area contributed by atoms with Crippen LogP contribution in [0.15, 0.2) is 0 Å². The van der Waals surface area contributed by atoms with Gasteiger partial charge in [-0.25, -0.2) is 5.90 Å². The number of phosphoric acid groups is 1. The lowest BCUT2D eigenvalue weighted by molar-refractivity contribution is -0.341. The molecule has 9 nitrogen and oxygen atoms in total. The molecule has 0 saturated heterocycles. The minimum absolute atomic E-state index is 0.125. The van der Waals surface area contributed by atoms with Crippen LogP contribution in [0.2, 0.25) is 1.43 Å². The Morgan fingerprint density at radius 2 is 1.50 bits per heavy atom. The van der Waals surface area contributed by atoms with E-state index in [2.05, 4.69) is 20.2 Å². The second-order valence-electron chi connectivity index (χ2n) is 3.30. The van der Waals surface area contributed by atoms with Crippen molar-refractivity contribution in [3.05, 3.63) is 0 Å². The molecule has 3 N–H and O–H groups in total. The van der Waals surface area contributed by atoms with Gasteiger partial charge in [-0.2, -0.15) is 0 Å². The number of phosphoric ester groups is 1. The van der Waals surface area contributed by atoms with Gasteiger partial charge in [0.15, 0.2) is 0 Å². The summed E-state index contributed by atoms with van der Waals surface area (Å²) in [6.45, 7) is 1.000. The van der Waals surface area contributed by atoms with Crippen LogP contribution in [0.3, 0.4) is 0 Å². The van der Waals surface area contributed by atoms with Crippen LogP contribution in [0, 0.1) is 0 Å². The van der Waals surface area contributed by atoms with E-state index in [0.717, 1.165) is 6.66 Å². The second kappa shape index (κ2) is 11.0. The monoisotopic (exact) mass is 307 g/mol. The van der Waals surface area contributed by atoms with Crippen molar-refractivity contribution in [3.63, 3.8) is 0 Å². The summed E-state index contributed by atoms with van der Waals surface area (Å²) in [7, 11) is -8.50. The van der Waals surface area contributed by atoms with Gasteiger partial charge in [-0.05, 0) is 12.8 Å². The maximum absolute atomic E-state index is 10.6. The van der Waals surface area contributed by atoms with E-state index < -0.39 is 15.4 Å². The molecule has 0 aliphatic rings. The van der Waals surface area contributed by atoms with E-state index in [-0.39, 0.29) is 13.2 Å². The molecule has 0 fully saturated rings. The Kier molecular flexibility index (Phi) is 11.2. The summed E-state index contributed by atoms with van der Waals surface area (Å²) in [6.07, 6.45) is 2.34. The molecule has 0 aliphatic heterocycles. The van der Waals surface area contributed by atoms with Crippen LogP contribution in [0.25, 0.3) is 0 Å². The van der Waals surface area contributed by atoms with Crippen molar-refractivity contribution >= 4 is 15.4 Å². The lowest BCUT2D eigenvalue weighted by Crippen LogP contribution is -2.16. The molecule has 0 saturated carbocycles. The van der Waals surface area contributed by atoms with E-state index in [9.17, 15) is 23.8 Å². The maximum atomic E-state index is 10.6. The number of rotatable bonds is 9. The molecule has 18 heavy (non-hydrogen) atoms. The minimum Gasteiger partial charge on any atom is -0.790 e. The predicted octanol–water partition coefficient (Wildman–Crippen LogP) is -1.07. The van der Waals surface area contributed by atoms with Crippen LogP contribution in [0.4, 0.5) is 0 Å². The number of unbranched alkanes of at least 4 members (excludes halogenated alkanes) is 3. The summed E-state index contributed by atoms with van der Waals surface area (Å²) in [5.74, 6) is 4.01. The van der Waals surface area contributed by atoms with Crippen molar-refractivity contribution in [3.8, 4) is 0 Å². The Morgan fingerprint density at radius 1 is 1.11 bits per heavy atom. The molecule has 0 radical (unpaired) electrons. The molecule has 0 bridgehead atoms. The molecule has 0 aliphatic carbocycles. The Bertz CT molecular complexity index is 265. The quantitative estimate of drug-likeness (QED) is 0.306. The summed E-state index contributed by atoms with van der Waals surface area (Å²) < 4.78 is 34.6. The number of nitrogens with two attached hydrogens (primary N) is 1. The van der Waals surface area contributed by atoms with Gasteiger partial charge in [0.05, 0.1) is 21.0 Å². The van der Waals surface area contributed by atoms with Crippen molar-refractivity contribution in [1.82, 2.24) is 0 Å². The summed E-state index contributed by atoms with van der Waals surface area (Å²) in [5, 5.41) is 3.00. The van der Waals surface area contributed by atoms with E-state index in [1.807, 2.05) is 0 Å². The third kappa shape index (κ3) is 21.5. The minimum atomic E-state index is -4.85. The molecular weight excluding hydrogens is 288 g/mol. The van der Waals surface area contributed by atoms with Crippen LogP contribution < -0.4 is 20.6 Å². The van der Waals surface area contributed by atoms with Crippen molar-refractivity contribution < 1.29 is 39.5 Å². The van der Waals surface area contributed by atoms with Crippen LogP contribution in [-0.4, -0.2) is 25.1 Å². The van der Waals surface area contributed by atoms with Crippen molar-refractivity contribution in [2.24, 2.45) is 5.90 Å². The lowest BCUT2D eigenvalue weighted by Gasteiger charge is -2.28. The number of hydrogen-bond donors (Lipinski definition) is 2. The van der Waals surface area contributed by atoms with Gasteiger partial charge in [-0.1, -0.05) is 12.8 Å². The first-order valence-electron chi connectivity index (χ1n) is 5.45. The SMILES string of the molecule is CP(=O)([O-])OCCCCCCOP(=O)([O-])[O-].[2H]ON. The van der Waals surface area contributed by atoms with Gasteiger partial charge in [0.25, 0.3) is 0 Å². The van der Waals surface area contributed by atoms with Crippen LogP contribution in [-0.2, 0) is 18.2 Å². The molecule has 0 aromatic heterocycles. The largest absolute Gasteiger partial charge is 0.790 e. The third-order valence-electron chi connectivity index (χ3n) is 1.61. The van der Waals surface area contributed by atoms with Crippen LogP contribution >= 0.6 is 15.4 Å². The zero-order valence-corrected chi connectivity index (χ0v) is 11.8. The Morgan fingerprint density at radius 3 is 1.83 bits per heavy atom. The van der Waals surface area contributed by atoms with Gasteiger partial charge in [0.1, 0.15) is 7.60 Å². The zero-order valence-electron chi connectivity index (χ0n) is 11.0. The Hall–Kier alpha value is 0.180. The highest BCUT2D eigenvalue weighted by Crippen LogP contribution is 2.31. The lowest BCUT2D eigenvalue weighted by atomic mass is 10.2. The van der Waals surface area contributed by atoms with Gasteiger partial charge >= 0.3 is 0 Å². The molecule has 1 atom stereocenters. The highest BCUT2D eigenvalue weighted by Gasteiger charge is 1.98. The zero-order chi connectivity index (χ0) is 15.4. The fourth-order valence-electron chi connectivity index (χ4n) is 0.964. The van der Waals surface area contributed by atoms with E-state index in [1.54, 1.807) is 0 Å². The Labute approximate surface area is 107 Å².